The number of amides is 5. The van der Waals surface area contributed by atoms with E-state index in [9.17, 15) is 38.7 Å². The molecule has 1 aromatic carbocycles. The summed E-state index contributed by atoms with van der Waals surface area (Å²) in [6.07, 6.45) is 4.78. The van der Waals surface area contributed by atoms with Crippen molar-refractivity contribution < 1.29 is 76.6 Å². The molecule has 5 rings (SSSR count). The Balaban J connectivity index is 1.20. The number of aliphatic hydroxyl groups is 1. The molecule has 0 saturated carbocycles. The smallest absolute Gasteiger partial charge is 0.410 e. The van der Waals surface area contributed by atoms with Crippen molar-refractivity contribution in [3.05, 3.63) is 64.2 Å². The van der Waals surface area contributed by atoms with Crippen LogP contribution in [0.5, 0.6) is 5.75 Å². The van der Waals surface area contributed by atoms with Crippen LogP contribution in [0.25, 0.3) is 0 Å². The van der Waals surface area contributed by atoms with Crippen LogP contribution in [0.2, 0.25) is 5.02 Å². The topological polar surface area (TPSA) is 251 Å². The van der Waals surface area contributed by atoms with Gasteiger partial charge in [0.2, 0.25) is 11.8 Å². The molecule has 2 saturated heterocycles. The molecule has 23 heteroatoms. The summed E-state index contributed by atoms with van der Waals surface area (Å²) in [6.45, 7) is 7.21. The number of likely N-dealkylation sites (N-methyl/N-ethyl adjacent to an activating group) is 3. The highest BCUT2D eigenvalue weighted by Crippen LogP contribution is 2.49. The average Bonchev–Trinajstić information content (AvgIpc) is 4.08. The molecular weight excluding hydrogens is 1080 g/mol. The zero-order valence-electron chi connectivity index (χ0n) is 44.9. The van der Waals surface area contributed by atoms with Crippen molar-refractivity contribution in [3.8, 4) is 5.75 Å². The predicted octanol–water partition coefficient (Wildman–Crippen LogP) is 5.59. The molecule has 2 aliphatic carbocycles. The number of allylic oxidation sites excluding steroid dienone is 4. The van der Waals surface area contributed by atoms with Gasteiger partial charge in [-0.1, -0.05) is 76.8 Å². The number of carbonyl (C=O) groups excluding carboxylic acids is 7. The van der Waals surface area contributed by atoms with Crippen LogP contribution in [0.1, 0.15) is 83.8 Å². The Hall–Kier alpha value is -5.26. The van der Waals surface area contributed by atoms with Gasteiger partial charge in [0.25, 0.3) is 0 Å². The summed E-state index contributed by atoms with van der Waals surface area (Å²) in [5, 5.41) is 17.5. The maximum atomic E-state index is 14.1. The zero-order chi connectivity index (χ0) is 55.9. The monoisotopic (exact) mass is 1150 g/mol. The first-order valence-corrected chi connectivity index (χ1v) is 27.0. The van der Waals surface area contributed by atoms with E-state index in [1.165, 1.54) is 52.1 Å². The maximum absolute atomic E-state index is 14.1. The van der Waals surface area contributed by atoms with E-state index in [1.807, 2.05) is 31.2 Å². The molecule has 4 aliphatic rings. The molecule has 10 atom stereocenters. The van der Waals surface area contributed by atoms with Crippen LogP contribution in [0.3, 0.4) is 0 Å². The maximum Gasteiger partial charge on any atom is 0.410 e. The Morgan fingerprint density at radius 3 is 2.43 bits per heavy atom. The second-order valence-corrected chi connectivity index (χ2v) is 20.9. The van der Waals surface area contributed by atoms with Gasteiger partial charge in [-0.15, -0.1) is 0 Å². The van der Waals surface area contributed by atoms with E-state index >= 15 is 0 Å². The van der Waals surface area contributed by atoms with Crippen molar-refractivity contribution in [1.82, 2.24) is 25.3 Å². The van der Waals surface area contributed by atoms with Crippen molar-refractivity contribution in [2.45, 2.75) is 139 Å². The minimum absolute atomic E-state index is 0.0722. The Kier molecular flexibility index (Phi) is 23.0. The number of Topliss-reactive ketones (excluding diaryl/α,β-unsaturated/α-hetero) is 1. The van der Waals surface area contributed by atoms with Crippen LogP contribution in [-0.2, 0) is 65.2 Å². The molecule has 76 heavy (non-hydrogen) atoms. The van der Waals surface area contributed by atoms with Gasteiger partial charge in [0.05, 0.1) is 42.7 Å². The molecule has 2 fully saturated rings. The molecule has 0 radical (unpaired) electrons. The fourth-order valence-corrected chi connectivity index (χ4v) is 9.76. The van der Waals surface area contributed by atoms with E-state index in [1.54, 1.807) is 32.1 Å². The molecule has 3 N–H and O–H groups in total. The van der Waals surface area contributed by atoms with Gasteiger partial charge in [-0.3, -0.25) is 19.7 Å². The summed E-state index contributed by atoms with van der Waals surface area (Å²) in [7, 11) is 7.30. The number of ketones is 1. The summed E-state index contributed by atoms with van der Waals surface area (Å²) in [4.78, 5) is 96.0. The summed E-state index contributed by atoms with van der Waals surface area (Å²) < 4.78 is 46.5. The number of ether oxygens (including phenoxy) is 8. The lowest BCUT2D eigenvalue weighted by Crippen LogP contribution is -2.63. The third-order valence-corrected chi connectivity index (χ3v) is 15.1. The normalized spacial score (nSPS) is 28.6. The molecule has 2 aliphatic heterocycles. The number of rotatable bonds is 17. The summed E-state index contributed by atoms with van der Waals surface area (Å²) in [5.41, 5.74) is -0.958. The van der Waals surface area contributed by atoms with Crippen LogP contribution in [0.4, 0.5) is 14.4 Å². The lowest BCUT2D eigenvalue weighted by molar-refractivity contribution is -0.162. The number of benzene rings is 1. The van der Waals surface area contributed by atoms with Gasteiger partial charge in [-0.25, -0.2) is 19.2 Å². The number of alkyl carbamates (subject to hydrolysis) is 1. The second-order valence-electron chi connectivity index (χ2n) is 20.0. The number of nitrogens with one attached hydrogen (secondary N) is 2. The third kappa shape index (κ3) is 16.9. The fraction of sp³-hybridized carbons (Fsp3) is 0.642. The largest absolute Gasteiger partial charge is 0.495 e. The van der Waals surface area contributed by atoms with Crippen LogP contribution >= 0.6 is 27.5 Å². The highest BCUT2D eigenvalue weighted by molar-refractivity contribution is 9.09. The molecule has 1 aromatic rings. The SMILES string of the molecule is COc1cc2cc(c1Cl)CC(=O)C[C@H](OC(=O)[C@H](C)N(C)C(=O)CCOC(=O)N(C)CCN(C)C(=O)OC1/C=C/CCCCC1OCCNC(=O)CBr)[C@]1(C)O[C@H]1[C@H](C)[C@@H]1C[C@@](O)(NC(=O)O1)[C@H](OC)/C=C/C=C(\C)C2. The summed E-state index contributed by atoms with van der Waals surface area (Å²) >= 11 is 9.87. The third-order valence-electron chi connectivity index (χ3n) is 14.2. The summed E-state index contributed by atoms with van der Waals surface area (Å²) in [6, 6.07) is 2.42. The predicted molar refractivity (Wildman–Crippen MR) is 282 cm³/mol. The molecule has 21 nitrogen and oxygen atoms in total. The fourth-order valence-electron chi connectivity index (χ4n) is 9.31. The van der Waals surface area contributed by atoms with E-state index in [4.69, 9.17) is 49.5 Å². The second kappa shape index (κ2) is 28.4. The van der Waals surface area contributed by atoms with E-state index in [2.05, 4.69) is 26.6 Å². The van der Waals surface area contributed by atoms with Gasteiger partial charge < -0.3 is 63.0 Å². The van der Waals surface area contributed by atoms with Crippen molar-refractivity contribution in [2.24, 2.45) is 5.92 Å². The highest BCUT2D eigenvalue weighted by atomic mass is 79.9. The number of hydrogen-bond donors (Lipinski definition) is 3. The van der Waals surface area contributed by atoms with Gasteiger partial charge >= 0.3 is 24.2 Å². The number of halogens is 2. The Bertz CT molecular complexity index is 2340. The Morgan fingerprint density at radius 1 is 1.01 bits per heavy atom. The number of nitrogens with zero attached hydrogens (tertiary/aromatic N) is 3. The number of hydrogen-bond acceptors (Lipinski definition) is 16. The Morgan fingerprint density at radius 2 is 1.74 bits per heavy atom. The molecule has 5 amide bonds. The van der Waals surface area contributed by atoms with Crippen molar-refractivity contribution >= 4 is 69.4 Å². The van der Waals surface area contributed by atoms with E-state index < -0.39 is 90.1 Å². The van der Waals surface area contributed by atoms with Crippen molar-refractivity contribution in [3.63, 3.8) is 0 Å². The zero-order valence-corrected chi connectivity index (χ0v) is 47.3. The van der Waals surface area contributed by atoms with Gasteiger partial charge in [0.1, 0.15) is 54.2 Å². The van der Waals surface area contributed by atoms with Crippen LogP contribution < -0.4 is 15.4 Å². The quantitative estimate of drug-likeness (QED) is 0.0430. The molecule has 2 heterocycles. The summed E-state index contributed by atoms with van der Waals surface area (Å²) in [5.74, 6) is -2.13. The minimum atomic E-state index is -1.88. The lowest BCUT2D eigenvalue weighted by atomic mass is 9.83. The molecule has 422 valence electrons. The first-order chi connectivity index (χ1) is 36.0. The average molecular weight is 1150 g/mol. The van der Waals surface area contributed by atoms with E-state index in [0.29, 0.717) is 30.7 Å². The molecule has 0 spiro atoms. The minimum Gasteiger partial charge on any atom is -0.495 e. The van der Waals surface area contributed by atoms with Crippen LogP contribution in [0, 0.1) is 5.92 Å². The number of alkyl halides is 1. The number of methoxy groups -OCH3 is 2. The number of epoxide rings is 1. The van der Waals surface area contributed by atoms with Crippen molar-refractivity contribution in [2.75, 3.05) is 73.5 Å². The molecule has 0 aromatic heterocycles. The molecule has 4 bridgehead atoms. The van der Waals surface area contributed by atoms with Crippen molar-refractivity contribution in [1.29, 1.82) is 0 Å². The van der Waals surface area contributed by atoms with Gasteiger partial charge in [-0.05, 0) is 69.7 Å². The number of esters is 1. The van der Waals surface area contributed by atoms with Crippen LogP contribution in [0.15, 0.2) is 48.1 Å². The van der Waals surface area contributed by atoms with Gasteiger partial charge in [0.15, 0.2) is 5.72 Å². The number of carbonyl (C=O) groups is 7. The van der Waals surface area contributed by atoms with E-state index in [-0.39, 0.29) is 74.0 Å². The van der Waals surface area contributed by atoms with E-state index in [0.717, 1.165) is 35.3 Å². The first-order valence-electron chi connectivity index (χ1n) is 25.5. The Labute approximate surface area is 458 Å². The lowest BCUT2D eigenvalue weighted by Gasteiger charge is -2.42. The van der Waals surface area contributed by atoms with Gasteiger partial charge in [-0.2, -0.15) is 0 Å². The number of fused-ring (bicyclic) bond motifs is 5. The molecular formula is C53H75BrClN5O16. The molecule has 2 unspecified atom stereocenters. The van der Waals surface area contributed by atoms with Crippen LogP contribution in [-0.4, -0.2) is 189 Å². The standard InChI is InChI=1S/C53H75BrClN5O16/c1-32-15-14-18-42(70-9)53(68)30-41(73-49(65)57-53)33(2)47-52(4,76-47)43(29-37(61)28-36-26-35(25-32)27-40(69-8)46(36)55)75-48(64)34(3)60(7)45(63)19-23-72-50(66)58(5)21-22-59(6)51(67)74-39-17-13-11-10-12-16-38(39)71-24-20-56-44(62)31-54/h13-15,17-18,26-27,33-34,38-39,41-43,47,68H,10-12,16,19-25,28-31H2,1-9H3,(H,56,62)(H,57,65)/b17-13+,18-14+,32-15+/t33-,34+,38?,39?,41+,42-,43+,47+,52+,53+/m1/s1. The first kappa shape index (κ1) is 61.6. The highest BCUT2D eigenvalue weighted by Gasteiger charge is 2.64. The van der Waals surface area contributed by atoms with Gasteiger partial charge in [0, 0.05) is 73.1 Å².